The number of rotatable bonds is 4. The van der Waals surface area contributed by atoms with Gasteiger partial charge in [0.25, 0.3) is 11.5 Å². The van der Waals surface area contributed by atoms with Crippen LogP contribution in [0.3, 0.4) is 0 Å². The predicted molar refractivity (Wildman–Crippen MR) is 100.0 cm³/mol. The molecule has 0 aliphatic carbocycles. The molecule has 142 valence electrons. The van der Waals surface area contributed by atoms with Crippen LogP contribution in [0.25, 0.3) is 0 Å². The molecule has 1 spiro atoms. The van der Waals surface area contributed by atoms with Crippen molar-refractivity contribution >= 4 is 11.8 Å². The number of amides is 2. The monoisotopic (exact) mass is 359 g/mol. The maximum absolute atomic E-state index is 12.9. The number of carbonyl (C=O) groups excluding carboxylic acids is 2. The van der Waals surface area contributed by atoms with Crippen LogP contribution in [0.4, 0.5) is 0 Å². The van der Waals surface area contributed by atoms with Gasteiger partial charge in [0.2, 0.25) is 5.91 Å². The first-order valence-electron chi connectivity index (χ1n) is 9.68. The molecule has 0 bridgehead atoms. The van der Waals surface area contributed by atoms with Crippen molar-refractivity contribution in [3.05, 3.63) is 34.2 Å². The van der Waals surface area contributed by atoms with Crippen LogP contribution >= 0.6 is 0 Å². The van der Waals surface area contributed by atoms with Gasteiger partial charge in [0.15, 0.2) is 0 Å². The van der Waals surface area contributed by atoms with E-state index in [0.29, 0.717) is 19.5 Å². The molecule has 3 rings (SSSR count). The van der Waals surface area contributed by atoms with Crippen LogP contribution in [0.2, 0.25) is 0 Å². The highest BCUT2D eigenvalue weighted by Crippen LogP contribution is 2.39. The summed E-state index contributed by atoms with van der Waals surface area (Å²) in [5.41, 5.74) is -0.0300. The second-order valence-electron chi connectivity index (χ2n) is 7.84. The Bertz CT molecular complexity index is 742. The van der Waals surface area contributed by atoms with Crippen LogP contribution in [-0.2, 0) is 11.8 Å². The summed E-state index contributed by atoms with van der Waals surface area (Å²) in [6.07, 6.45) is 7.12. The number of likely N-dealkylation sites (tertiary alicyclic amines) is 2. The number of carbonyl (C=O) groups is 2. The number of unbranched alkanes of at least 4 members (excludes halogenated alkanes) is 1. The lowest BCUT2D eigenvalue weighted by atomic mass is 9.73. The Morgan fingerprint density at radius 1 is 1.23 bits per heavy atom. The van der Waals surface area contributed by atoms with Crippen LogP contribution in [0, 0.1) is 5.41 Å². The van der Waals surface area contributed by atoms with Gasteiger partial charge in [-0.2, -0.15) is 0 Å². The van der Waals surface area contributed by atoms with Gasteiger partial charge in [-0.15, -0.1) is 0 Å². The Morgan fingerprint density at radius 3 is 2.81 bits per heavy atom. The first-order chi connectivity index (χ1) is 12.5. The topological polar surface area (TPSA) is 62.6 Å². The van der Waals surface area contributed by atoms with Gasteiger partial charge in [-0.05, 0) is 37.8 Å². The van der Waals surface area contributed by atoms with Gasteiger partial charge in [-0.25, -0.2) is 0 Å². The molecular formula is C20H29N3O3. The highest BCUT2D eigenvalue weighted by molar-refractivity contribution is 5.94. The number of aryl methyl sites for hydroxylation is 1. The van der Waals surface area contributed by atoms with Crippen LogP contribution in [0.5, 0.6) is 0 Å². The molecule has 1 atom stereocenters. The van der Waals surface area contributed by atoms with E-state index in [-0.39, 0.29) is 28.4 Å². The molecule has 2 aliphatic rings. The van der Waals surface area contributed by atoms with Crippen LogP contribution in [0.1, 0.15) is 55.8 Å². The molecule has 1 aromatic heterocycles. The fraction of sp³-hybridized carbons (Fsp3) is 0.650. The second-order valence-corrected chi connectivity index (χ2v) is 7.84. The van der Waals surface area contributed by atoms with Gasteiger partial charge in [0.05, 0.1) is 0 Å². The van der Waals surface area contributed by atoms with E-state index in [1.54, 1.807) is 25.4 Å². The summed E-state index contributed by atoms with van der Waals surface area (Å²) in [5.74, 6) is 0.0618. The third-order valence-corrected chi connectivity index (χ3v) is 5.83. The highest BCUT2D eigenvalue weighted by atomic mass is 16.2. The lowest BCUT2D eigenvalue weighted by Gasteiger charge is -2.48. The van der Waals surface area contributed by atoms with Crippen molar-refractivity contribution in [3.8, 4) is 0 Å². The smallest absolute Gasteiger partial charge is 0.263 e. The molecule has 6 heteroatoms. The van der Waals surface area contributed by atoms with Crippen molar-refractivity contribution in [2.75, 3.05) is 26.2 Å². The summed E-state index contributed by atoms with van der Waals surface area (Å²) in [4.78, 5) is 41.3. The van der Waals surface area contributed by atoms with E-state index in [4.69, 9.17) is 0 Å². The molecule has 0 aromatic carbocycles. The Morgan fingerprint density at radius 2 is 2.04 bits per heavy atom. The molecule has 26 heavy (non-hydrogen) atoms. The molecule has 0 saturated carbocycles. The van der Waals surface area contributed by atoms with Gasteiger partial charge < -0.3 is 14.4 Å². The molecule has 0 N–H and O–H groups in total. The van der Waals surface area contributed by atoms with E-state index in [2.05, 4.69) is 6.92 Å². The summed E-state index contributed by atoms with van der Waals surface area (Å²) >= 11 is 0. The lowest BCUT2D eigenvalue weighted by molar-refractivity contribution is -0.139. The van der Waals surface area contributed by atoms with Gasteiger partial charge in [-0.1, -0.05) is 13.3 Å². The van der Waals surface area contributed by atoms with Gasteiger partial charge in [0.1, 0.15) is 5.56 Å². The van der Waals surface area contributed by atoms with E-state index in [1.807, 2.05) is 9.80 Å². The molecule has 2 fully saturated rings. The summed E-state index contributed by atoms with van der Waals surface area (Å²) in [6, 6.07) is 3.35. The summed E-state index contributed by atoms with van der Waals surface area (Å²) in [7, 11) is 1.66. The molecule has 2 amide bonds. The Kier molecular flexibility index (Phi) is 5.49. The van der Waals surface area contributed by atoms with Gasteiger partial charge >= 0.3 is 0 Å². The maximum atomic E-state index is 12.9. The zero-order valence-electron chi connectivity index (χ0n) is 15.9. The largest absolute Gasteiger partial charge is 0.342 e. The average Bonchev–Trinajstić information content (AvgIpc) is 2.64. The van der Waals surface area contributed by atoms with Crippen LogP contribution in [0.15, 0.2) is 23.1 Å². The first kappa shape index (κ1) is 18.7. The van der Waals surface area contributed by atoms with E-state index in [9.17, 15) is 14.4 Å². The number of aromatic nitrogens is 1. The molecule has 0 unspecified atom stereocenters. The maximum Gasteiger partial charge on any atom is 0.263 e. The number of nitrogens with zero attached hydrogens (tertiary/aromatic N) is 3. The molecule has 2 aliphatic heterocycles. The fourth-order valence-corrected chi connectivity index (χ4v) is 4.30. The zero-order valence-corrected chi connectivity index (χ0v) is 15.9. The molecule has 1 aromatic rings. The minimum absolute atomic E-state index is 0.0183. The summed E-state index contributed by atoms with van der Waals surface area (Å²) in [6.45, 7) is 5.00. The SMILES string of the molecule is CCCCN1C[C@]2(CCCN(C(=O)c3cccn(C)c3=O)C2)CCC1=O. The zero-order chi connectivity index (χ0) is 18.7. The third kappa shape index (κ3) is 3.69. The Hall–Kier alpha value is -2.11. The van der Waals surface area contributed by atoms with E-state index in [0.717, 1.165) is 45.2 Å². The van der Waals surface area contributed by atoms with Crippen molar-refractivity contribution < 1.29 is 9.59 Å². The van der Waals surface area contributed by atoms with E-state index >= 15 is 0 Å². The molecule has 3 heterocycles. The van der Waals surface area contributed by atoms with Crippen molar-refractivity contribution in [2.24, 2.45) is 12.5 Å². The van der Waals surface area contributed by atoms with Crippen LogP contribution in [-0.4, -0.2) is 52.4 Å². The standard InChI is InChI=1S/C20H29N3O3/c1-3-4-12-22-14-20(10-8-17(22)24)9-6-13-23(15-20)19(26)16-7-5-11-21(2)18(16)25/h5,7,11H,3-4,6,8-10,12-15H2,1-2H3/t20-/m0/s1. The van der Waals surface area contributed by atoms with Crippen molar-refractivity contribution in [1.29, 1.82) is 0 Å². The van der Waals surface area contributed by atoms with Gasteiger partial charge in [-0.3, -0.25) is 14.4 Å². The minimum atomic E-state index is -0.250. The lowest BCUT2D eigenvalue weighted by Crippen LogP contribution is -2.55. The predicted octanol–water partition coefficient (Wildman–Crippen LogP) is 2.03. The summed E-state index contributed by atoms with van der Waals surface area (Å²) < 4.78 is 1.44. The Labute approximate surface area is 154 Å². The highest BCUT2D eigenvalue weighted by Gasteiger charge is 2.42. The molecule has 6 nitrogen and oxygen atoms in total. The average molecular weight is 359 g/mol. The summed E-state index contributed by atoms with van der Waals surface area (Å²) in [5, 5.41) is 0. The quantitative estimate of drug-likeness (QED) is 0.826. The number of pyridine rings is 1. The van der Waals surface area contributed by atoms with Crippen LogP contribution < -0.4 is 5.56 Å². The Balaban J connectivity index is 1.76. The van der Waals surface area contributed by atoms with E-state index in [1.165, 1.54) is 4.57 Å². The normalized spacial score (nSPS) is 23.5. The molecule has 2 saturated heterocycles. The van der Waals surface area contributed by atoms with Gasteiger partial charge in [0, 0.05) is 51.3 Å². The fourth-order valence-electron chi connectivity index (χ4n) is 4.30. The third-order valence-electron chi connectivity index (χ3n) is 5.83. The number of piperidine rings is 2. The van der Waals surface area contributed by atoms with Crippen molar-refractivity contribution in [1.82, 2.24) is 14.4 Å². The molecular weight excluding hydrogens is 330 g/mol. The van der Waals surface area contributed by atoms with E-state index < -0.39 is 0 Å². The van der Waals surface area contributed by atoms with Crippen molar-refractivity contribution in [3.63, 3.8) is 0 Å². The first-order valence-corrected chi connectivity index (χ1v) is 9.68. The number of hydrogen-bond acceptors (Lipinski definition) is 3. The number of hydrogen-bond donors (Lipinski definition) is 0. The molecule has 0 radical (unpaired) electrons. The minimum Gasteiger partial charge on any atom is -0.342 e. The second kappa shape index (κ2) is 7.64. The van der Waals surface area contributed by atoms with Crippen molar-refractivity contribution in [2.45, 2.75) is 45.4 Å².